The Morgan fingerprint density at radius 1 is 1.19 bits per heavy atom. The molecule has 2 rings (SSSR count). The Labute approximate surface area is 129 Å². The van der Waals surface area contributed by atoms with E-state index < -0.39 is 0 Å². The molecule has 0 N–H and O–H groups in total. The van der Waals surface area contributed by atoms with Gasteiger partial charge < -0.3 is 18.9 Å². The van der Waals surface area contributed by atoms with Gasteiger partial charge in [-0.3, -0.25) is 0 Å². The molecule has 21 heavy (non-hydrogen) atoms. The predicted octanol–water partition coefficient (Wildman–Crippen LogP) is 3.18. The summed E-state index contributed by atoms with van der Waals surface area (Å²) < 4.78 is 23.3. The van der Waals surface area contributed by atoms with Crippen molar-refractivity contribution >= 4 is 0 Å². The quantitative estimate of drug-likeness (QED) is 0.510. The van der Waals surface area contributed by atoms with Crippen LogP contribution in [0, 0.1) is 5.41 Å². The van der Waals surface area contributed by atoms with Crippen LogP contribution in [0.1, 0.15) is 53.9 Å². The first-order chi connectivity index (χ1) is 9.85. The molecule has 2 atom stereocenters. The van der Waals surface area contributed by atoms with Gasteiger partial charge in [-0.15, -0.1) is 0 Å². The van der Waals surface area contributed by atoms with Crippen LogP contribution in [0.2, 0.25) is 0 Å². The van der Waals surface area contributed by atoms with Gasteiger partial charge in [0.1, 0.15) is 11.7 Å². The van der Waals surface area contributed by atoms with E-state index in [2.05, 4.69) is 34.6 Å². The SMILES string of the molecule is CCOC1(CCCOCC2CO2)C(C)(C)CCOC1(C)C. The molecule has 2 aliphatic heterocycles. The standard InChI is InChI=1S/C17H32O4/c1-6-20-17(8-7-10-18-12-14-13-19-14)15(2,3)9-11-21-16(17,4)5/h14H,6-13H2,1-5H3. The summed E-state index contributed by atoms with van der Waals surface area (Å²) in [6.45, 7) is 14.9. The van der Waals surface area contributed by atoms with E-state index >= 15 is 0 Å². The van der Waals surface area contributed by atoms with Gasteiger partial charge in [0.25, 0.3) is 0 Å². The molecule has 2 heterocycles. The Bertz CT molecular complexity index is 318. The third-order valence-electron chi connectivity index (χ3n) is 5.17. The molecule has 2 saturated heterocycles. The highest BCUT2D eigenvalue weighted by atomic mass is 16.6. The summed E-state index contributed by atoms with van der Waals surface area (Å²) in [5.41, 5.74) is -0.429. The van der Waals surface area contributed by atoms with Crippen molar-refractivity contribution in [3.05, 3.63) is 0 Å². The lowest BCUT2D eigenvalue weighted by Gasteiger charge is -2.58. The highest BCUT2D eigenvalue weighted by Crippen LogP contribution is 2.52. The second-order valence-electron chi connectivity index (χ2n) is 7.39. The zero-order valence-corrected chi connectivity index (χ0v) is 14.4. The summed E-state index contributed by atoms with van der Waals surface area (Å²) in [4.78, 5) is 0. The van der Waals surface area contributed by atoms with Crippen molar-refractivity contribution in [2.45, 2.75) is 71.2 Å². The van der Waals surface area contributed by atoms with E-state index in [-0.39, 0.29) is 16.6 Å². The fourth-order valence-electron chi connectivity index (χ4n) is 3.82. The monoisotopic (exact) mass is 300 g/mol. The van der Waals surface area contributed by atoms with Gasteiger partial charge in [0, 0.05) is 19.8 Å². The molecule has 0 saturated carbocycles. The Morgan fingerprint density at radius 2 is 1.90 bits per heavy atom. The van der Waals surface area contributed by atoms with Gasteiger partial charge in [-0.25, -0.2) is 0 Å². The zero-order chi connectivity index (χ0) is 15.6. The summed E-state index contributed by atoms with van der Waals surface area (Å²) in [6, 6.07) is 0. The summed E-state index contributed by atoms with van der Waals surface area (Å²) in [6.07, 6.45) is 3.33. The first-order valence-corrected chi connectivity index (χ1v) is 8.32. The molecule has 0 radical (unpaired) electrons. The van der Waals surface area contributed by atoms with Crippen molar-refractivity contribution in [3.63, 3.8) is 0 Å². The molecular weight excluding hydrogens is 268 g/mol. The van der Waals surface area contributed by atoms with Crippen LogP contribution >= 0.6 is 0 Å². The van der Waals surface area contributed by atoms with Gasteiger partial charge in [0.15, 0.2) is 0 Å². The number of hydrogen-bond acceptors (Lipinski definition) is 4. The normalized spacial score (nSPS) is 33.9. The molecule has 2 aliphatic rings. The second kappa shape index (κ2) is 6.53. The highest BCUT2D eigenvalue weighted by molar-refractivity contribution is 5.08. The van der Waals surface area contributed by atoms with Crippen molar-refractivity contribution in [1.29, 1.82) is 0 Å². The van der Waals surface area contributed by atoms with Gasteiger partial charge in [0.05, 0.1) is 18.8 Å². The average molecular weight is 300 g/mol. The molecule has 0 aromatic rings. The van der Waals surface area contributed by atoms with Gasteiger partial charge in [-0.1, -0.05) is 13.8 Å². The molecule has 2 unspecified atom stereocenters. The van der Waals surface area contributed by atoms with Crippen LogP contribution in [0.25, 0.3) is 0 Å². The van der Waals surface area contributed by atoms with Gasteiger partial charge in [0.2, 0.25) is 0 Å². The number of epoxide rings is 1. The summed E-state index contributed by atoms with van der Waals surface area (Å²) in [5, 5.41) is 0. The minimum atomic E-state index is -0.273. The third-order valence-corrected chi connectivity index (χ3v) is 5.17. The van der Waals surface area contributed by atoms with E-state index in [0.29, 0.717) is 12.7 Å². The molecule has 0 aliphatic carbocycles. The van der Waals surface area contributed by atoms with Crippen LogP contribution < -0.4 is 0 Å². The van der Waals surface area contributed by atoms with Crippen molar-refractivity contribution in [2.75, 3.05) is 33.0 Å². The topological polar surface area (TPSA) is 40.2 Å². The predicted molar refractivity (Wildman–Crippen MR) is 82.6 cm³/mol. The maximum absolute atomic E-state index is 6.34. The lowest BCUT2D eigenvalue weighted by atomic mass is 9.61. The number of ether oxygens (including phenoxy) is 4. The first-order valence-electron chi connectivity index (χ1n) is 8.32. The summed E-state index contributed by atoms with van der Waals surface area (Å²) >= 11 is 0. The summed E-state index contributed by atoms with van der Waals surface area (Å²) in [5.74, 6) is 0. The van der Waals surface area contributed by atoms with Crippen molar-refractivity contribution in [1.82, 2.24) is 0 Å². The smallest absolute Gasteiger partial charge is 0.104 e. The zero-order valence-electron chi connectivity index (χ0n) is 14.4. The number of rotatable bonds is 8. The van der Waals surface area contributed by atoms with E-state index in [1.807, 2.05) is 0 Å². The van der Waals surface area contributed by atoms with Crippen LogP contribution in [0.15, 0.2) is 0 Å². The Balaban J connectivity index is 1.97. The van der Waals surface area contributed by atoms with E-state index in [0.717, 1.165) is 45.7 Å². The average Bonchev–Trinajstić information content (AvgIpc) is 3.18. The van der Waals surface area contributed by atoms with Crippen LogP contribution in [0.5, 0.6) is 0 Å². The molecule has 4 heteroatoms. The van der Waals surface area contributed by atoms with Crippen LogP contribution in [0.3, 0.4) is 0 Å². The number of hydrogen-bond donors (Lipinski definition) is 0. The second-order valence-corrected chi connectivity index (χ2v) is 7.39. The van der Waals surface area contributed by atoms with Crippen LogP contribution in [0.4, 0.5) is 0 Å². The van der Waals surface area contributed by atoms with Gasteiger partial charge in [-0.05, 0) is 45.4 Å². The minimum absolute atomic E-state index is 0.102. The largest absolute Gasteiger partial charge is 0.379 e. The molecule has 124 valence electrons. The first kappa shape index (κ1) is 17.2. The maximum Gasteiger partial charge on any atom is 0.104 e. The third kappa shape index (κ3) is 3.61. The van der Waals surface area contributed by atoms with Crippen LogP contribution in [-0.2, 0) is 18.9 Å². The van der Waals surface area contributed by atoms with Gasteiger partial charge in [-0.2, -0.15) is 0 Å². The lowest BCUT2D eigenvalue weighted by Crippen LogP contribution is -2.65. The van der Waals surface area contributed by atoms with E-state index in [1.165, 1.54) is 0 Å². The molecule has 0 aromatic heterocycles. The van der Waals surface area contributed by atoms with Crippen molar-refractivity contribution in [3.8, 4) is 0 Å². The molecule has 2 fully saturated rings. The van der Waals surface area contributed by atoms with Crippen molar-refractivity contribution in [2.24, 2.45) is 5.41 Å². The maximum atomic E-state index is 6.34. The van der Waals surface area contributed by atoms with E-state index in [4.69, 9.17) is 18.9 Å². The molecule has 4 nitrogen and oxygen atoms in total. The molecule has 0 spiro atoms. The Hall–Kier alpha value is -0.160. The van der Waals surface area contributed by atoms with Crippen LogP contribution in [-0.4, -0.2) is 50.3 Å². The Morgan fingerprint density at radius 3 is 2.48 bits per heavy atom. The molecule has 0 amide bonds. The highest BCUT2D eigenvalue weighted by Gasteiger charge is 2.58. The minimum Gasteiger partial charge on any atom is -0.379 e. The lowest BCUT2D eigenvalue weighted by molar-refractivity contribution is -0.277. The van der Waals surface area contributed by atoms with E-state index in [9.17, 15) is 0 Å². The Kier molecular flexibility index (Phi) is 5.35. The fourth-order valence-corrected chi connectivity index (χ4v) is 3.82. The molecular formula is C17H32O4. The summed E-state index contributed by atoms with van der Waals surface area (Å²) in [7, 11) is 0. The fraction of sp³-hybridized carbons (Fsp3) is 1.00. The van der Waals surface area contributed by atoms with Crippen molar-refractivity contribution < 1.29 is 18.9 Å². The molecule has 0 aromatic carbocycles. The van der Waals surface area contributed by atoms with Gasteiger partial charge >= 0.3 is 0 Å². The molecule has 0 bridgehead atoms. The van der Waals surface area contributed by atoms with E-state index in [1.54, 1.807) is 0 Å².